The third kappa shape index (κ3) is 0.702. The maximum atomic E-state index is 4.05. The van der Waals surface area contributed by atoms with Gasteiger partial charge in [-0.25, -0.2) is 4.98 Å². The molecule has 0 spiro atoms. The number of hydrogen-bond acceptors (Lipinski definition) is 2. The van der Waals surface area contributed by atoms with Crippen LogP contribution in [-0.4, -0.2) is 9.38 Å². The van der Waals surface area contributed by atoms with Crippen LogP contribution in [0.2, 0.25) is 0 Å². The van der Waals surface area contributed by atoms with E-state index in [2.05, 4.69) is 20.9 Å². The van der Waals surface area contributed by atoms with Crippen LogP contribution in [0.25, 0.3) is 4.83 Å². The van der Waals surface area contributed by atoms with E-state index in [1.165, 1.54) is 4.83 Å². The molecule has 0 N–H and O–H groups in total. The Labute approximate surface area is 64.3 Å². The molecule has 2 aromatic rings. The van der Waals surface area contributed by atoms with Gasteiger partial charge in [0.2, 0.25) is 0 Å². The minimum absolute atomic E-state index is 0.874. The lowest BCUT2D eigenvalue weighted by Crippen LogP contribution is -1.73. The number of fused-ring (bicyclic) bond motifs is 1. The molecule has 2 rings (SSSR count). The zero-order valence-corrected chi connectivity index (χ0v) is 6.82. The number of nitrogens with zero attached hydrogens (tertiary/aromatic N) is 2. The molecule has 0 fully saturated rings. The average molecular weight is 203 g/mol. The van der Waals surface area contributed by atoms with Gasteiger partial charge in [0.1, 0.15) is 4.83 Å². The van der Waals surface area contributed by atoms with E-state index in [0.717, 1.165) is 4.73 Å². The summed E-state index contributed by atoms with van der Waals surface area (Å²) in [6.45, 7) is 0. The average Bonchev–Trinajstić information content (AvgIpc) is 2.35. The predicted molar refractivity (Wildman–Crippen MR) is 40.8 cm³/mol. The number of thiazole rings is 1. The first-order chi connectivity index (χ1) is 4.38. The maximum Gasteiger partial charge on any atom is 0.182 e. The zero-order chi connectivity index (χ0) is 6.27. The Morgan fingerprint density at radius 1 is 1.67 bits per heavy atom. The molecular weight excluding hydrogens is 200 g/mol. The highest BCUT2D eigenvalue weighted by Crippen LogP contribution is 2.16. The molecule has 0 saturated heterocycles. The van der Waals surface area contributed by atoms with Gasteiger partial charge in [-0.05, 0) is 15.9 Å². The second kappa shape index (κ2) is 1.82. The van der Waals surface area contributed by atoms with Gasteiger partial charge < -0.3 is 0 Å². The number of imidazole rings is 1. The van der Waals surface area contributed by atoms with Gasteiger partial charge in [0.15, 0.2) is 4.73 Å². The Morgan fingerprint density at radius 2 is 2.56 bits per heavy atom. The Kier molecular flexibility index (Phi) is 1.10. The summed E-state index contributed by atoms with van der Waals surface area (Å²) in [4.78, 5) is 5.21. The topological polar surface area (TPSA) is 17.3 Å². The van der Waals surface area contributed by atoms with Crippen molar-refractivity contribution < 1.29 is 0 Å². The first-order valence-electron chi connectivity index (χ1n) is 2.44. The second-order valence-electron chi connectivity index (χ2n) is 1.64. The lowest BCUT2D eigenvalue weighted by molar-refractivity contribution is 1.12. The predicted octanol–water partition coefficient (Wildman–Crippen LogP) is 2.16. The summed E-state index contributed by atoms with van der Waals surface area (Å²) in [5, 5.41) is 2.03. The van der Waals surface area contributed by atoms with E-state index < -0.39 is 0 Å². The van der Waals surface area contributed by atoms with Crippen LogP contribution in [-0.2, 0) is 0 Å². The van der Waals surface area contributed by atoms with E-state index in [1.54, 1.807) is 11.3 Å². The monoisotopic (exact) mass is 202 g/mol. The highest BCUT2D eigenvalue weighted by molar-refractivity contribution is 9.10. The fourth-order valence-electron chi connectivity index (χ4n) is 0.707. The molecule has 2 aromatic heterocycles. The van der Waals surface area contributed by atoms with Crippen LogP contribution in [0.15, 0.2) is 22.5 Å². The molecule has 2 heterocycles. The molecule has 2 nitrogen and oxygen atoms in total. The molecule has 0 saturated carbocycles. The van der Waals surface area contributed by atoms with Crippen molar-refractivity contribution in [3.63, 3.8) is 0 Å². The molecular formula is C5H3BrN2S. The van der Waals surface area contributed by atoms with Gasteiger partial charge in [0.05, 0.1) is 6.20 Å². The van der Waals surface area contributed by atoms with Crippen molar-refractivity contribution in [3.05, 3.63) is 22.5 Å². The van der Waals surface area contributed by atoms with Crippen molar-refractivity contribution in [1.29, 1.82) is 0 Å². The summed E-state index contributed by atoms with van der Waals surface area (Å²) in [6.07, 6.45) is 3.83. The third-order valence-electron chi connectivity index (χ3n) is 1.12. The summed E-state index contributed by atoms with van der Waals surface area (Å²) >= 11 is 4.98. The van der Waals surface area contributed by atoms with Crippen LogP contribution < -0.4 is 0 Å². The summed E-state index contributed by atoms with van der Waals surface area (Å²) in [5.74, 6) is 0. The lowest BCUT2D eigenvalue weighted by atomic mass is 10.9. The van der Waals surface area contributed by atoms with E-state index in [4.69, 9.17) is 0 Å². The number of hydrogen-bond donors (Lipinski definition) is 0. The van der Waals surface area contributed by atoms with Crippen molar-refractivity contribution in [1.82, 2.24) is 9.38 Å². The van der Waals surface area contributed by atoms with Crippen LogP contribution in [0.1, 0.15) is 0 Å². The molecule has 4 heteroatoms. The van der Waals surface area contributed by atoms with Crippen molar-refractivity contribution in [2.45, 2.75) is 0 Å². The standard InChI is InChI=1S/C5H3BrN2S/c6-5-7-3-4-8(5)1-2-9-4/h1-3H. The zero-order valence-electron chi connectivity index (χ0n) is 4.41. The van der Waals surface area contributed by atoms with Gasteiger partial charge >= 0.3 is 0 Å². The minimum Gasteiger partial charge on any atom is -0.285 e. The fourth-order valence-corrected chi connectivity index (χ4v) is 1.93. The van der Waals surface area contributed by atoms with Gasteiger partial charge in [-0.15, -0.1) is 11.3 Å². The maximum absolute atomic E-state index is 4.05. The highest BCUT2D eigenvalue weighted by Gasteiger charge is 1.97. The number of halogens is 1. The third-order valence-corrected chi connectivity index (χ3v) is 2.50. The van der Waals surface area contributed by atoms with Crippen molar-refractivity contribution in [2.75, 3.05) is 0 Å². The van der Waals surface area contributed by atoms with E-state index in [-0.39, 0.29) is 0 Å². The van der Waals surface area contributed by atoms with Crippen LogP contribution in [0, 0.1) is 0 Å². The fraction of sp³-hybridized carbons (Fsp3) is 0. The van der Waals surface area contributed by atoms with Crippen LogP contribution in [0.5, 0.6) is 0 Å². The molecule has 0 aliphatic carbocycles. The molecule has 0 bridgehead atoms. The summed E-state index contributed by atoms with van der Waals surface area (Å²) in [7, 11) is 0. The molecule has 0 aliphatic heterocycles. The van der Waals surface area contributed by atoms with Gasteiger partial charge in [0, 0.05) is 11.6 Å². The van der Waals surface area contributed by atoms with Crippen molar-refractivity contribution in [3.8, 4) is 0 Å². The van der Waals surface area contributed by atoms with E-state index in [9.17, 15) is 0 Å². The molecule has 46 valence electrons. The molecule has 0 amide bonds. The van der Waals surface area contributed by atoms with Crippen LogP contribution >= 0.6 is 27.3 Å². The minimum atomic E-state index is 0.874. The second-order valence-corrected chi connectivity index (χ2v) is 3.27. The first-order valence-corrected chi connectivity index (χ1v) is 4.11. The first kappa shape index (κ1) is 5.44. The summed E-state index contributed by atoms with van der Waals surface area (Å²) in [5.41, 5.74) is 0. The number of rotatable bonds is 0. The Balaban J connectivity index is 2.99. The Morgan fingerprint density at radius 3 is 3.33 bits per heavy atom. The molecule has 9 heavy (non-hydrogen) atoms. The highest BCUT2D eigenvalue weighted by atomic mass is 79.9. The van der Waals surface area contributed by atoms with Crippen LogP contribution in [0.4, 0.5) is 0 Å². The smallest absolute Gasteiger partial charge is 0.182 e. The Hall–Kier alpha value is -0.350. The normalized spacial score (nSPS) is 10.8. The molecule has 0 radical (unpaired) electrons. The number of aromatic nitrogens is 2. The molecule has 0 aliphatic rings. The van der Waals surface area contributed by atoms with Gasteiger partial charge in [-0.3, -0.25) is 4.40 Å². The quantitative estimate of drug-likeness (QED) is 0.641. The SMILES string of the molecule is Brc1ncc2sccn12. The lowest BCUT2D eigenvalue weighted by Gasteiger charge is -1.79. The largest absolute Gasteiger partial charge is 0.285 e. The van der Waals surface area contributed by atoms with Gasteiger partial charge in [0.25, 0.3) is 0 Å². The molecule has 0 unspecified atom stereocenters. The van der Waals surface area contributed by atoms with E-state index in [1.807, 2.05) is 22.2 Å². The van der Waals surface area contributed by atoms with Crippen molar-refractivity contribution >= 4 is 32.1 Å². The van der Waals surface area contributed by atoms with Crippen molar-refractivity contribution in [2.24, 2.45) is 0 Å². The van der Waals surface area contributed by atoms with Crippen LogP contribution in [0.3, 0.4) is 0 Å². The van der Waals surface area contributed by atoms with E-state index >= 15 is 0 Å². The Bertz CT molecular complexity index is 324. The molecule has 0 atom stereocenters. The van der Waals surface area contributed by atoms with E-state index in [0.29, 0.717) is 0 Å². The van der Waals surface area contributed by atoms with Gasteiger partial charge in [-0.2, -0.15) is 0 Å². The summed E-state index contributed by atoms with van der Waals surface area (Å²) < 4.78 is 2.86. The molecule has 0 aromatic carbocycles. The summed E-state index contributed by atoms with van der Waals surface area (Å²) in [6, 6.07) is 0. The van der Waals surface area contributed by atoms with Gasteiger partial charge in [-0.1, -0.05) is 0 Å².